The summed E-state index contributed by atoms with van der Waals surface area (Å²) in [5.41, 5.74) is 0.469. The summed E-state index contributed by atoms with van der Waals surface area (Å²) in [5, 5.41) is 3.56. The van der Waals surface area contributed by atoms with Gasteiger partial charge in [-0.2, -0.15) is 0 Å². The molecule has 0 spiro atoms. The number of carbonyl (C=O) groups excluding carboxylic acids is 1. The maximum Gasteiger partial charge on any atom is 0.265 e. The molecule has 0 bridgehead atoms. The van der Waals surface area contributed by atoms with Crippen LogP contribution in [0.25, 0.3) is 11.0 Å². The number of amides is 1. The van der Waals surface area contributed by atoms with Crippen LogP contribution in [0.5, 0.6) is 0 Å². The van der Waals surface area contributed by atoms with Crippen LogP contribution >= 0.6 is 0 Å². The van der Waals surface area contributed by atoms with Crippen molar-refractivity contribution in [3.63, 3.8) is 0 Å². The Labute approximate surface area is 123 Å². The summed E-state index contributed by atoms with van der Waals surface area (Å²) in [6.07, 6.45) is 1.64. The molecule has 112 valence electrons. The molecule has 21 heavy (non-hydrogen) atoms. The van der Waals surface area contributed by atoms with Gasteiger partial charge in [-0.15, -0.1) is 0 Å². The zero-order chi connectivity index (χ0) is 15.4. The fraction of sp³-hybridized carbons (Fsp3) is 0.400. The maximum atomic E-state index is 12.4. The number of pyridine rings is 2. The summed E-state index contributed by atoms with van der Waals surface area (Å²) in [5.74, 6) is -0.338. The summed E-state index contributed by atoms with van der Waals surface area (Å²) < 4.78 is 1.52. The van der Waals surface area contributed by atoms with Gasteiger partial charge in [0.1, 0.15) is 11.2 Å². The third-order valence-corrected chi connectivity index (χ3v) is 3.25. The zero-order valence-corrected chi connectivity index (χ0v) is 12.6. The van der Waals surface area contributed by atoms with E-state index >= 15 is 0 Å². The highest BCUT2D eigenvalue weighted by atomic mass is 16.2. The van der Waals surface area contributed by atoms with Gasteiger partial charge in [0.25, 0.3) is 11.5 Å². The van der Waals surface area contributed by atoms with Crippen molar-refractivity contribution in [1.82, 2.24) is 19.8 Å². The fourth-order valence-corrected chi connectivity index (χ4v) is 2.15. The minimum absolute atomic E-state index is 0.163. The molecule has 6 nitrogen and oxygen atoms in total. The predicted octanol–water partition coefficient (Wildman–Crippen LogP) is 0.708. The van der Waals surface area contributed by atoms with Crippen molar-refractivity contribution in [3.05, 3.63) is 40.3 Å². The van der Waals surface area contributed by atoms with E-state index in [4.69, 9.17) is 0 Å². The number of rotatable bonds is 5. The van der Waals surface area contributed by atoms with Crippen molar-refractivity contribution in [3.8, 4) is 0 Å². The number of carbonyl (C=O) groups is 1. The van der Waals surface area contributed by atoms with Crippen LogP contribution in [0.4, 0.5) is 0 Å². The van der Waals surface area contributed by atoms with Gasteiger partial charge in [-0.25, -0.2) is 4.98 Å². The number of hydrogen-bond acceptors (Lipinski definition) is 4. The molecule has 1 amide bonds. The first-order chi connectivity index (χ1) is 10.0. The van der Waals surface area contributed by atoms with E-state index in [9.17, 15) is 9.59 Å². The largest absolute Gasteiger partial charge is 0.351 e. The van der Waals surface area contributed by atoms with Crippen molar-refractivity contribution < 1.29 is 4.79 Å². The van der Waals surface area contributed by atoms with Gasteiger partial charge in [0.15, 0.2) is 0 Å². The van der Waals surface area contributed by atoms with Crippen molar-refractivity contribution >= 4 is 16.9 Å². The molecule has 0 unspecified atom stereocenters. The smallest absolute Gasteiger partial charge is 0.265 e. The molecule has 0 aliphatic carbocycles. The molecular weight excluding hydrogens is 268 g/mol. The number of likely N-dealkylation sites (N-methyl/N-ethyl adjacent to an activating group) is 1. The van der Waals surface area contributed by atoms with Crippen molar-refractivity contribution in [2.75, 3.05) is 27.2 Å². The number of aromatic nitrogens is 2. The SMILES string of the molecule is CCn1c(=O)c(C(=O)NCCN(C)C)cc2cccnc21. The molecule has 0 saturated carbocycles. The van der Waals surface area contributed by atoms with E-state index in [0.29, 0.717) is 18.7 Å². The topological polar surface area (TPSA) is 67.2 Å². The number of hydrogen-bond donors (Lipinski definition) is 1. The van der Waals surface area contributed by atoms with Crippen LogP contribution < -0.4 is 10.9 Å². The van der Waals surface area contributed by atoms with Gasteiger partial charge >= 0.3 is 0 Å². The Morgan fingerprint density at radius 3 is 2.86 bits per heavy atom. The highest BCUT2D eigenvalue weighted by Gasteiger charge is 2.15. The first kappa shape index (κ1) is 15.2. The van der Waals surface area contributed by atoms with Gasteiger partial charge in [-0.05, 0) is 39.2 Å². The lowest BCUT2D eigenvalue weighted by molar-refractivity contribution is 0.0949. The van der Waals surface area contributed by atoms with Crippen LogP contribution in [0.3, 0.4) is 0 Å². The zero-order valence-electron chi connectivity index (χ0n) is 12.6. The molecule has 0 fully saturated rings. The molecule has 2 aromatic heterocycles. The minimum Gasteiger partial charge on any atom is -0.351 e. The van der Waals surface area contributed by atoms with E-state index < -0.39 is 0 Å². The van der Waals surface area contributed by atoms with Crippen molar-refractivity contribution in [1.29, 1.82) is 0 Å². The highest BCUT2D eigenvalue weighted by Crippen LogP contribution is 2.10. The molecule has 0 aliphatic heterocycles. The van der Waals surface area contributed by atoms with Gasteiger partial charge in [0, 0.05) is 31.2 Å². The summed E-state index contributed by atoms with van der Waals surface area (Å²) in [6.45, 7) is 3.57. The summed E-state index contributed by atoms with van der Waals surface area (Å²) in [4.78, 5) is 30.8. The van der Waals surface area contributed by atoms with E-state index in [-0.39, 0.29) is 17.0 Å². The van der Waals surface area contributed by atoms with Crippen LogP contribution in [0.15, 0.2) is 29.2 Å². The highest BCUT2D eigenvalue weighted by molar-refractivity contribution is 5.96. The lowest BCUT2D eigenvalue weighted by atomic mass is 10.2. The van der Waals surface area contributed by atoms with E-state index in [1.807, 2.05) is 32.0 Å². The molecule has 0 saturated heterocycles. The second kappa shape index (κ2) is 6.49. The third kappa shape index (κ3) is 3.28. The first-order valence-electron chi connectivity index (χ1n) is 6.96. The van der Waals surface area contributed by atoms with Crippen molar-refractivity contribution in [2.45, 2.75) is 13.5 Å². The molecule has 2 rings (SSSR count). The van der Waals surface area contributed by atoms with Crippen LogP contribution in [0, 0.1) is 0 Å². The van der Waals surface area contributed by atoms with Crippen LogP contribution in [0.2, 0.25) is 0 Å². The molecule has 1 N–H and O–H groups in total. The van der Waals surface area contributed by atoms with Crippen LogP contribution in [-0.2, 0) is 6.54 Å². The van der Waals surface area contributed by atoms with E-state index in [1.165, 1.54) is 4.57 Å². The lowest BCUT2D eigenvalue weighted by Crippen LogP contribution is -2.36. The number of nitrogens with zero attached hydrogens (tertiary/aromatic N) is 3. The van der Waals surface area contributed by atoms with Crippen LogP contribution in [0.1, 0.15) is 17.3 Å². The van der Waals surface area contributed by atoms with Gasteiger partial charge in [0.05, 0.1) is 0 Å². The Kier molecular flexibility index (Phi) is 4.70. The second-order valence-electron chi connectivity index (χ2n) is 5.08. The molecule has 2 heterocycles. The monoisotopic (exact) mass is 288 g/mol. The average Bonchev–Trinajstić information content (AvgIpc) is 2.46. The predicted molar refractivity (Wildman–Crippen MR) is 82.6 cm³/mol. The Morgan fingerprint density at radius 2 is 2.19 bits per heavy atom. The molecule has 0 radical (unpaired) electrons. The molecule has 0 atom stereocenters. The molecule has 0 aromatic carbocycles. The number of nitrogens with one attached hydrogen (secondary N) is 1. The van der Waals surface area contributed by atoms with Gasteiger partial charge in [-0.3, -0.25) is 14.2 Å². The Hall–Kier alpha value is -2.21. The lowest BCUT2D eigenvalue weighted by Gasteiger charge is -2.12. The number of fused-ring (bicyclic) bond motifs is 1. The Morgan fingerprint density at radius 1 is 1.43 bits per heavy atom. The summed E-state index contributed by atoms with van der Waals surface area (Å²) in [7, 11) is 3.86. The van der Waals surface area contributed by atoms with Crippen molar-refractivity contribution in [2.24, 2.45) is 0 Å². The average molecular weight is 288 g/mol. The summed E-state index contributed by atoms with van der Waals surface area (Å²) >= 11 is 0. The molecular formula is C15H20N4O2. The fourth-order valence-electron chi connectivity index (χ4n) is 2.15. The molecule has 2 aromatic rings. The standard InChI is InChI=1S/C15H20N4O2/c1-4-19-13-11(6-5-7-16-13)10-12(15(19)21)14(20)17-8-9-18(2)3/h5-7,10H,4,8-9H2,1-3H3,(H,17,20). The third-order valence-electron chi connectivity index (χ3n) is 3.25. The Balaban J connectivity index is 2.38. The molecule has 6 heteroatoms. The normalized spacial score (nSPS) is 11.0. The van der Waals surface area contributed by atoms with Gasteiger partial charge < -0.3 is 10.2 Å². The Bertz CT molecular complexity index is 706. The number of aryl methyl sites for hydroxylation is 1. The first-order valence-corrected chi connectivity index (χ1v) is 6.96. The van der Waals surface area contributed by atoms with E-state index in [2.05, 4.69) is 10.3 Å². The quantitative estimate of drug-likeness (QED) is 0.880. The van der Waals surface area contributed by atoms with Gasteiger partial charge in [-0.1, -0.05) is 0 Å². The summed E-state index contributed by atoms with van der Waals surface area (Å²) in [6, 6.07) is 5.26. The maximum absolute atomic E-state index is 12.4. The van der Waals surface area contributed by atoms with E-state index in [1.54, 1.807) is 18.3 Å². The van der Waals surface area contributed by atoms with E-state index in [0.717, 1.165) is 11.9 Å². The molecule has 0 aliphatic rings. The second-order valence-corrected chi connectivity index (χ2v) is 5.08. The minimum atomic E-state index is -0.338. The van der Waals surface area contributed by atoms with Crippen LogP contribution in [-0.4, -0.2) is 47.5 Å². The van der Waals surface area contributed by atoms with Gasteiger partial charge in [0.2, 0.25) is 0 Å².